The minimum absolute atomic E-state index is 0.0195. The summed E-state index contributed by atoms with van der Waals surface area (Å²) >= 11 is 0. The van der Waals surface area contributed by atoms with Gasteiger partial charge in [-0.25, -0.2) is 13.8 Å². The van der Waals surface area contributed by atoms with Gasteiger partial charge in [0.2, 0.25) is 11.8 Å². The van der Waals surface area contributed by atoms with Gasteiger partial charge in [-0.05, 0) is 49.2 Å². The Morgan fingerprint density at radius 3 is 2.23 bits per heavy atom. The van der Waals surface area contributed by atoms with Crippen molar-refractivity contribution >= 4 is 40.0 Å². The van der Waals surface area contributed by atoms with Crippen molar-refractivity contribution in [3.8, 4) is 17.4 Å². The summed E-state index contributed by atoms with van der Waals surface area (Å²) in [7, 11) is 1.39. The van der Waals surface area contributed by atoms with Crippen LogP contribution in [0.1, 0.15) is 23.2 Å². The van der Waals surface area contributed by atoms with E-state index in [2.05, 4.69) is 20.6 Å². The number of methoxy groups -OCH3 is 1. The fourth-order valence-electron chi connectivity index (χ4n) is 3.99. The van der Waals surface area contributed by atoms with Crippen molar-refractivity contribution in [2.75, 3.05) is 17.7 Å². The summed E-state index contributed by atoms with van der Waals surface area (Å²) in [5.74, 6) is -3.25. The molecule has 5 rings (SSSR count). The number of halogens is 2. The van der Waals surface area contributed by atoms with E-state index in [0.717, 1.165) is 6.07 Å². The first-order valence-corrected chi connectivity index (χ1v) is 11.7. The van der Waals surface area contributed by atoms with Crippen LogP contribution in [-0.2, 0) is 9.59 Å². The van der Waals surface area contributed by atoms with Crippen molar-refractivity contribution < 1.29 is 32.6 Å². The van der Waals surface area contributed by atoms with Crippen molar-refractivity contribution in [2.45, 2.75) is 12.8 Å². The molecule has 0 radical (unpaired) electrons. The number of pyridine rings is 2. The molecule has 2 heterocycles. The quantitative estimate of drug-likeness (QED) is 0.288. The Morgan fingerprint density at radius 2 is 1.62 bits per heavy atom. The third-order valence-electron chi connectivity index (χ3n) is 6.28. The minimum Gasteiger partial charge on any atom is -0.496 e. The van der Waals surface area contributed by atoms with Gasteiger partial charge in [0, 0.05) is 29.4 Å². The highest BCUT2D eigenvalue weighted by Gasteiger charge is 2.56. The second kappa shape index (κ2) is 9.97. The van der Waals surface area contributed by atoms with Crippen LogP contribution in [0.2, 0.25) is 0 Å². The molecule has 2 aromatic carbocycles. The highest BCUT2D eigenvalue weighted by Crippen LogP contribution is 2.47. The zero-order valence-electron chi connectivity index (χ0n) is 20.5. The van der Waals surface area contributed by atoms with Crippen LogP contribution in [0, 0.1) is 17.0 Å². The lowest BCUT2D eigenvalue weighted by Gasteiger charge is -2.16. The number of aromatic nitrogens is 2. The number of nitrogens with one attached hydrogen (secondary N) is 2. The molecule has 1 aliphatic carbocycles. The van der Waals surface area contributed by atoms with E-state index in [1.807, 2.05) is 0 Å². The number of hydrogen-bond acceptors (Lipinski definition) is 7. The van der Waals surface area contributed by atoms with Gasteiger partial charge in [-0.1, -0.05) is 0 Å². The SMILES string of the molecule is COc1cc2nccc(Oc3ncc(NC(=O)C4(C(=O)Nc5ccc(F)cc5)CC4)cc3F)c2cc1C(N)=O. The first kappa shape index (κ1) is 25.5. The molecule has 198 valence electrons. The van der Waals surface area contributed by atoms with E-state index in [1.165, 1.54) is 62.0 Å². The van der Waals surface area contributed by atoms with Gasteiger partial charge in [0.05, 0.1) is 30.1 Å². The molecule has 0 aliphatic heterocycles. The van der Waals surface area contributed by atoms with Crippen molar-refractivity contribution in [1.82, 2.24) is 9.97 Å². The molecular weight excluding hydrogens is 512 g/mol. The van der Waals surface area contributed by atoms with Crippen molar-refractivity contribution in [1.29, 1.82) is 0 Å². The Morgan fingerprint density at radius 1 is 0.923 bits per heavy atom. The number of anilines is 2. The maximum Gasteiger partial charge on any atom is 0.256 e. The number of carbonyl (C=O) groups excluding carboxylic acids is 3. The summed E-state index contributed by atoms with van der Waals surface area (Å²) in [5, 5.41) is 5.49. The van der Waals surface area contributed by atoms with Gasteiger partial charge in [0.25, 0.3) is 11.8 Å². The maximum absolute atomic E-state index is 14.9. The van der Waals surface area contributed by atoms with Crippen LogP contribution in [-0.4, -0.2) is 34.8 Å². The lowest BCUT2D eigenvalue weighted by molar-refractivity contribution is -0.131. The summed E-state index contributed by atoms with van der Waals surface area (Å²) in [5.41, 5.74) is 4.98. The summed E-state index contributed by atoms with van der Waals surface area (Å²) < 4.78 is 38.9. The molecule has 12 heteroatoms. The van der Waals surface area contributed by atoms with Crippen molar-refractivity contribution in [3.63, 3.8) is 0 Å². The highest BCUT2D eigenvalue weighted by molar-refractivity contribution is 6.16. The normalized spacial score (nSPS) is 13.4. The van der Waals surface area contributed by atoms with Gasteiger partial charge >= 0.3 is 0 Å². The Labute approximate surface area is 220 Å². The number of nitrogens with two attached hydrogens (primary N) is 1. The van der Waals surface area contributed by atoms with E-state index in [-0.39, 0.29) is 22.7 Å². The smallest absolute Gasteiger partial charge is 0.256 e. The molecule has 1 fully saturated rings. The molecule has 0 bridgehead atoms. The molecule has 4 N–H and O–H groups in total. The Hall–Kier alpha value is -5.13. The summed E-state index contributed by atoms with van der Waals surface area (Å²) in [6.07, 6.45) is 3.22. The number of rotatable bonds is 8. The number of nitrogens with zero attached hydrogens (tertiary/aromatic N) is 2. The van der Waals surface area contributed by atoms with Gasteiger partial charge in [0.15, 0.2) is 5.82 Å². The van der Waals surface area contributed by atoms with Gasteiger partial charge in [0.1, 0.15) is 22.7 Å². The first-order chi connectivity index (χ1) is 18.7. The Bertz CT molecular complexity index is 1620. The monoisotopic (exact) mass is 533 g/mol. The number of hydrogen-bond donors (Lipinski definition) is 3. The lowest BCUT2D eigenvalue weighted by Crippen LogP contribution is -2.35. The molecule has 39 heavy (non-hydrogen) atoms. The minimum atomic E-state index is -1.32. The van der Waals surface area contributed by atoms with Crippen molar-refractivity contribution in [3.05, 3.63) is 78.1 Å². The van der Waals surface area contributed by atoms with E-state index in [9.17, 15) is 23.2 Å². The zero-order valence-corrected chi connectivity index (χ0v) is 20.5. The summed E-state index contributed by atoms with van der Waals surface area (Å²) in [4.78, 5) is 45.6. The third kappa shape index (κ3) is 5.04. The van der Waals surface area contributed by atoms with Gasteiger partial charge in [-0.2, -0.15) is 0 Å². The van der Waals surface area contributed by atoms with Gasteiger partial charge in [-0.3, -0.25) is 19.4 Å². The average Bonchev–Trinajstić information content (AvgIpc) is 3.73. The number of benzene rings is 2. The van der Waals surface area contributed by atoms with Crippen LogP contribution < -0.4 is 25.8 Å². The largest absolute Gasteiger partial charge is 0.496 e. The molecule has 4 aromatic rings. The Kier molecular flexibility index (Phi) is 6.52. The molecule has 0 saturated heterocycles. The number of ether oxygens (including phenoxy) is 2. The number of carbonyl (C=O) groups is 3. The molecule has 0 unspecified atom stereocenters. The van der Waals surface area contributed by atoms with Crippen LogP contribution in [0.4, 0.5) is 20.2 Å². The Balaban J connectivity index is 1.32. The van der Waals surface area contributed by atoms with Gasteiger partial charge in [-0.15, -0.1) is 0 Å². The average molecular weight is 533 g/mol. The van der Waals surface area contributed by atoms with Crippen LogP contribution in [0.5, 0.6) is 17.4 Å². The van der Waals surface area contributed by atoms with E-state index >= 15 is 0 Å². The molecule has 0 atom stereocenters. The summed E-state index contributed by atoms with van der Waals surface area (Å²) in [6, 6.07) is 10.6. The third-order valence-corrected chi connectivity index (χ3v) is 6.28. The van der Waals surface area contributed by atoms with Crippen LogP contribution >= 0.6 is 0 Å². The molecule has 2 aromatic heterocycles. The lowest BCUT2D eigenvalue weighted by atomic mass is 10.0. The topological polar surface area (TPSA) is 146 Å². The fourth-order valence-corrected chi connectivity index (χ4v) is 3.99. The van der Waals surface area contributed by atoms with Gasteiger partial charge < -0.3 is 25.8 Å². The molecular formula is C27H21F2N5O5. The molecule has 10 nitrogen and oxygen atoms in total. The second-order valence-electron chi connectivity index (χ2n) is 8.85. The zero-order chi connectivity index (χ0) is 27.7. The highest BCUT2D eigenvalue weighted by atomic mass is 19.1. The van der Waals surface area contributed by atoms with Crippen molar-refractivity contribution in [2.24, 2.45) is 11.1 Å². The van der Waals surface area contributed by atoms with E-state index in [4.69, 9.17) is 15.2 Å². The van der Waals surface area contributed by atoms with E-state index in [1.54, 1.807) is 0 Å². The standard InChI is InChI=1S/C27H21F2N5O5/c1-38-22-12-20-17(11-18(22)23(30)35)21(6-9-31-20)39-24-19(29)10-16(13-32-24)34-26(37)27(7-8-27)25(36)33-15-4-2-14(28)3-5-15/h2-6,9-13H,7-8H2,1H3,(H2,30,35)(H,33,36)(H,34,37). The predicted octanol–water partition coefficient (Wildman–Crippen LogP) is 4.17. The molecule has 1 aliphatic rings. The fraction of sp³-hybridized carbons (Fsp3) is 0.148. The van der Waals surface area contributed by atoms with Crippen LogP contribution in [0.15, 0.2) is 60.9 Å². The predicted molar refractivity (Wildman–Crippen MR) is 136 cm³/mol. The van der Waals surface area contributed by atoms with E-state index < -0.39 is 40.7 Å². The maximum atomic E-state index is 14.9. The number of fused-ring (bicyclic) bond motifs is 1. The number of amides is 3. The molecule has 0 spiro atoms. The molecule has 1 saturated carbocycles. The summed E-state index contributed by atoms with van der Waals surface area (Å²) in [6.45, 7) is 0. The van der Waals surface area contributed by atoms with E-state index in [0.29, 0.717) is 29.4 Å². The second-order valence-corrected chi connectivity index (χ2v) is 8.85. The van der Waals surface area contributed by atoms with Crippen LogP contribution in [0.25, 0.3) is 10.9 Å². The number of primary amides is 1. The van der Waals surface area contributed by atoms with Crippen LogP contribution in [0.3, 0.4) is 0 Å². The first-order valence-electron chi connectivity index (χ1n) is 11.7. The molecule has 3 amide bonds.